The molecule has 15 heavy (non-hydrogen) atoms. The van der Waals surface area contributed by atoms with Crippen LogP contribution in [-0.2, 0) is 0 Å². The molecule has 0 saturated carbocycles. The molecule has 0 aromatic carbocycles. The molecule has 0 radical (unpaired) electrons. The summed E-state index contributed by atoms with van der Waals surface area (Å²) in [6.45, 7) is 2.24. The Morgan fingerprint density at radius 2 is 1.73 bits per heavy atom. The number of alkyl halides is 3. The molecule has 2 nitrogen and oxygen atoms in total. The summed E-state index contributed by atoms with van der Waals surface area (Å²) in [4.78, 5) is 0. The first kappa shape index (κ1) is 14.7. The molecule has 0 fully saturated rings. The second kappa shape index (κ2) is 7.93. The van der Waals surface area contributed by atoms with Crippen LogP contribution >= 0.6 is 0 Å². The maximum Gasteiger partial charge on any atom is 0.415 e. The molecule has 1 unspecified atom stereocenters. The first-order chi connectivity index (χ1) is 6.98. The van der Waals surface area contributed by atoms with Crippen LogP contribution in [0.4, 0.5) is 13.2 Å². The highest BCUT2D eigenvalue weighted by atomic mass is 19.4. The van der Waals surface area contributed by atoms with Crippen molar-refractivity contribution in [1.82, 2.24) is 5.32 Å². The lowest BCUT2D eigenvalue weighted by atomic mass is 10.1. The van der Waals surface area contributed by atoms with Gasteiger partial charge in [-0.05, 0) is 13.0 Å². The van der Waals surface area contributed by atoms with Crippen LogP contribution in [0.2, 0.25) is 0 Å². The summed E-state index contributed by atoms with van der Waals surface area (Å²) in [5, 5.41) is 11.2. The van der Waals surface area contributed by atoms with Gasteiger partial charge in [0.25, 0.3) is 0 Å². The fourth-order valence-electron chi connectivity index (χ4n) is 1.21. The van der Waals surface area contributed by atoms with E-state index in [2.05, 4.69) is 12.2 Å². The third-order valence-corrected chi connectivity index (χ3v) is 2.17. The van der Waals surface area contributed by atoms with Crippen molar-refractivity contribution < 1.29 is 18.3 Å². The summed E-state index contributed by atoms with van der Waals surface area (Å²) >= 11 is 0. The molecule has 0 spiro atoms. The van der Waals surface area contributed by atoms with Gasteiger partial charge in [0.1, 0.15) is 0 Å². The van der Waals surface area contributed by atoms with Crippen molar-refractivity contribution in [3.63, 3.8) is 0 Å². The normalized spacial score (nSPS) is 14.2. The van der Waals surface area contributed by atoms with Crippen molar-refractivity contribution >= 4 is 0 Å². The van der Waals surface area contributed by atoms with Gasteiger partial charge in [0.2, 0.25) is 0 Å². The molecular weight excluding hydrogens is 207 g/mol. The third kappa shape index (κ3) is 8.69. The second-order valence-electron chi connectivity index (χ2n) is 3.68. The van der Waals surface area contributed by atoms with Crippen molar-refractivity contribution in [3.05, 3.63) is 0 Å². The minimum atomic E-state index is -4.50. The van der Waals surface area contributed by atoms with Gasteiger partial charge in [-0.2, -0.15) is 13.2 Å². The van der Waals surface area contributed by atoms with Crippen molar-refractivity contribution in [2.24, 2.45) is 0 Å². The summed E-state index contributed by atoms with van der Waals surface area (Å²) in [5.74, 6) is 0. The minimum Gasteiger partial charge on any atom is -0.382 e. The van der Waals surface area contributed by atoms with E-state index in [4.69, 9.17) is 5.11 Å². The zero-order valence-corrected chi connectivity index (χ0v) is 9.11. The van der Waals surface area contributed by atoms with E-state index in [1.807, 2.05) is 0 Å². The molecule has 0 bridgehead atoms. The Kier molecular flexibility index (Phi) is 7.78. The Bertz CT molecular complexity index is 150. The predicted octanol–water partition coefficient (Wildman–Crippen LogP) is 2.47. The summed E-state index contributed by atoms with van der Waals surface area (Å²) in [7, 11) is 0. The Morgan fingerprint density at radius 3 is 2.27 bits per heavy atom. The van der Waals surface area contributed by atoms with Crippen LogP contribution in [0.5, 0.6) is 0 Å². The molecule has 0 rings (SSSR count). The first-order valence-electron chi connectivity index (χ1n) is 5.44. The molecule has 0 aliphatic carbocycles. The quantitative estimate of drug-likeness (QED) is 0.624. The molecular formula is C10H20F3NO. The van der Waals surface area contributed by atoms with Crippen LogP contribution in [0.3, 0.4) is 0 Å². The average Bonchev–Trinajstić information content (AvgIpc) is 2.14. The highest BCUT2D eigenvalue weighted by molar-refractivity contribution is 4.67. The van der Waals surface area contributed by atoms with Gasteiger partial charge in [-0.1, -0.05) is 32.6 Å². The Morgan fingerprint density at radius 1 is 1.13 bits per heavy atom. The maximum absolute atomic E-state index is 11.8. The van der Waals surface area contributed by atoms with Crippen LogP contribution in [0.15, 0.2) is 0 Å². The smallest absolute Gasteiger partial charge is 0.382 e. The highest BCUT2D eigenvalue weighted by Gasteiger charge is 2.37. The second-order valence-corrected chi connectivity index (χ2v) is 3.68. The van der Waals surface area contributed by atoms with Crippen molar-refractivity contribution in [1.29, 1.82) is 0 Å². The van der Waals surface area contributed by atoms with Gasteiger partial charge in [-0.25, -0.2) is 0 Å². The third-order valence-electron chi connectivity index (χ3n) is 2.17. The maximum atomic E-state index is 11.8. The lowest BCUT2D eigenvalue weighted by Gasteiger charge is -2.14. The Hall–Kier alpha value is -0.290. The molecule has 0 saturated heterocycles. The van der Waals surface area contributed by atoms with Crippen LogP contribution in [-0.4, -0.2) is 30.5 Å². The van der Waals surface area contributed by atoms with Gasteiger partial charge in [0.05, 0.1) is 0 Å². The molecule has 0 aliphatic heterocycles. The van der Waals surface area contributed by atoms with E-state index in [1.165, 1.54) is 6.42 Å². The number of halogens is 3. The van der Waals surface area contributed by atoms with E-state index in [0.717, 1.165) is 25.7 Å². The minimum absolute atomic E-state index is 0.405. The van der Waals surface area contributed by atoms with Crippen LogP contribution < -0.4 is 5.32 Å². The van der Waals surface area contributed by atoms with Crippen molar-refractivity contribution in [2.45, 2.75) is 51.3 Å². The summed E-state index contributed by atoms with van der Waals surface area (Å²) < 4.78 is 35.5. The number of aliphatic hydroxyl groups is 1. The van der Waals surface area contributed by atoms with Crippen LogP contribution in [0.1, 0.15) is 39.0 Å². The number of rotatable bonds is 8. The highest BCUT2D eigenvalue weighted by Crippen LogP contribution is 2.19. The monoisotopic (exact) mass is 227 g/mol. The van der Waals surface area contributed by atoms with Gasteiger partial charge in [0.15, 0.2) is 6.10 Å². The van der Waals surface area contributed by atoms with E-state index in [1.54, 1.807) is 0 Å². The molecule has 5 heteroatoms. The van der Waals surface area contributed by atoms with Crippen molar-refractivity contribution in [2.75, 3.05) is 13.1 Å². The molecule has 0 aromatic heterocycles. The van der Waals surface area contributed by atoms with Gasteiger partial charge in [-0.3, -0.25) is 0 Å². The summed E-state index contributed by atoms with van der Waals surface area (Å²) in [6, 6.07) is 0. The van der Waals surface area contributed by atoms with E-state index in [-0.39, 0.29) is 0 Å². The van der Waals surface area contributed by atoms with E-state index < -0.39 is 18.8 Å². The van der Waals surface area contributed by atoms with E-state index in [9.17, 15) is 13.2 Å². The lowest BCUT2D eigenvalue weighted by molar-refractivity contribution is -0.201. The number of unbranched alkanes of at least 4 members (excludes halogenated alkanes) is 4. The number of nitrogens with one attached hydrogen (secondary N) is 1. The average molecular weight is 227 g/mol. The lowest BCUT2D eigenvalue weighted by Crippen LogP contribution is -2.38. The fourth-order valence-corrected chi connectivity index (χ4v) is 1.21. The molecule has 1 atom stereocenters. The largest absolute Gasteiger partial charge is 0.415 e. The van der Waals surface area contributed by atoms with Crippen LogP contribution in [0.25, 0.3) is 0 Å². The Labute approximate surface area is 88.9 Å². The Balaban J connectivity index is 3.24. The van der Waals surface area contributed by atoms with E-state index >= 15 is 0 Å². The number of hydrogen-bond acceptors (Lipinski definition) is 2. The molecule has 2 N–H and O–H groups in total. The SMILES string of the molecule is CCCCCCCNCC(O)C(F)(F)F. The number of hydrogen-bond donors (Lipinski definition) is 2. The standard InChI is InChI=1S/C10H20F3NO/c1-2-3-4-5-6-7-14-8-9(15)10(11,12)13/h9,14-15H,2-8H2,1H3. The van der Waals surface area contributed by atoms with E-state index in [0.29, 0.717) is 6.54 Å². The zero-order chi connectivity index (χ0) is 11.7. The van der Waals surface area contributed by atoms with Crippen LogP contribution in [0, 0.1) is 0 Å². The molecule has 0 heterocycles. The fraction of sp³-hybridized carbons (Fsp3) is 1.00. The topological polar surface area (TPSA) is 32.3 Å². The molecule has 0 amide bonds. The van der Waals surface area contributed by atoms with Gasteiger partial charge in [-0.15, -0.1) is 0 Å². The summed E-state index contributed by atoms with van der Waals surface area (Å²) in [5.41, 5.74) is 0. The molecule has 0 aromatic rings. The number of aliphatic hydroxyl groups excluding tert-OH is 1. The van der Waals surface area contributed by atoms with Gasteiger partial charge in [0, 0.05) is 6.54 Å². The van der Waals surface area contributed by atoms with Gasteiger partial charge < -0.3 is 10.4 Å². The van der Waals surface area contributed by atoms with Crippen molar-refractivity contribution in [3.8, 4) is 0 Å². The summed E-state index contributed by atoms with van der Waals surface area (Å²) in [6.07, 6.45) is -1.40. The predicted molar refractivity (Wildman–Crippen MR) is 53.7 cm³/mol. The zero-order valence-electron chi connectivity index (χ0n) is 9.11. The first-order valence-corrected chi connectivity index (χ1v) is 5.44. The molecule has 0 aliphatic rings. The molecule has 92 valence electrons. The van der Waals surface area contributed by atoms with Gasteiger partial charge >= 0.3 is 6.18 Å².